The molecular formula is C19H18FN3O2S. The molecule has 3 heterocycles. The molecular weight excluding hydrogens is 353 g/mol. The second kappa shape index (κ2) is 7.55. The van der Waals surface area contributed by atoms with Crippen molar-refractivity contribution in [1.82, 2.24) is 14.5 Å². The van der Waals surface area contributed by atoms with Gasteiger partial charge in [-0.1, -0.05) is 23.9 Å². The number of hydrogen-bond donors (Lipinski definition) is 0. The first-order valence-electron chi connectivity index (χ1n) is 8.55. The van der Waals surface area contributed by atoms with Gasteiger partial charge in [-0.25, -0.2) is 14.4 Å². The molecule has 4 rings (SSSR count). The summed E-state index contributed by atoms with van der Waals surface area (Å²) in [5.41, 5.74) is 1.16. The molecule has 2 aromatic heterocycles. The van der Waals surface area contributed by atoms with E-state index in [0.717, 1.165) is 25.0 Å². The molecule has 5 nitrogen and oxygen atoms in total. The van der Waals surface area contributed by atoms with Crippen molar-refractivity contribution in [3.63, 3.8) is 0 Å². The minimum atomic E-state index is -0.270. The Morgan fingerprint density at radius 1 is 1.31 bits per heavy atom. The first kappa shape index (κ1) is 17.2. The van der Waals surface area contributed by atoms with Crippen LogP contribution in [0, 0.1) is 5.82 Å². The number of nitrogens with zero attached hydrogens (tertiary/aromatic N) is 3. The zero-order chi connectivity index (χ0) is 17.9. The van der Waals surface area contributed by atoms with Crippen LogP contribution >= 0.6 is 11.8 Å². The lowest BCUT2D eigenvalue weighted by molar-refractivity contribution is 0.0937. The van der Waals surface area contributed by atoms with Crippen molar-refractivity contribution >= 4 is 22.8 Å². The van der Waals surface area contributed by atoms with Gasteiger partial charge in [-0.15, -0.1) is 0 Å². The van der Waals surface area contributed by atoms with E-state index in [4.69, 9.17) is 4.74 Å². The van der Waals surface area contributed by atoms with Crippen LogP contribution in [0.4, 0.5) is 4.39 Å². The molecule has 0 saturated carbocycles. The van der Waals surface area contributed by atoms with Crippen LogP contribution < -0.4 is 5.56 Å². The van der Waals surface area contributed by atoms with Crippen molar-refractivity contribution in [2.45, 2.75) is 36.4 Å². The maximum absolute atomic E-state index is 13.4. The molecule has 0 N–H and O–H groups in total. The van der Waals surface area contributed by atoms with Gasteiger partial charge in [-0.3, -0.25) is 9.36 Å². The SMILES string of the molecule is O=c1c2cccnc2nc(SCc2cccc(F)c2)n1CC1CCCO1. The lowest BCUT2D eigenvalue weighted by atomic mass is 10.2. The normalized spacial score (nSPS) is 17.0. The second-order valence-electron chi connectivity index (χ2n) is 6.24. The lowest BCUT2D eigenvalue weighted by Gasteiger charge is -2.16. The molecule has 0 radical (unpaired) electrons. The van der Waals surface area contributed by atoms with E-state index in [1.54, 1.807) is 29.0 Å². The van der Waals surface area contributed by atoms with Crippen molar-refractivity contribution in [3.05, 3.63) is 64.3 Å². The first-order chi connectivity index (χ1) is 12.7. The van der Waals surface area contributed by atoms with Crippen LogP contribution in [0.1, 0.15) is 18.4 Å². The van der Waals surface area contributed by atoms with E-state index in [9.17, 15) is 9.18 Å². The fourth-order valence-electron chi connectivity index (χ4n) is 3.07. The highest BCUT2D eigenvalue weighted by Crippen LogP contribution is 2.23. The minimum Gasteiger partial charge on any atom is -0.376 e. The lowest BCUT2D eigenvalue weighted by Crippen LogP contribution is -2.29. The van der Waals surface area contributed by atoms with E-state index in [2.05, 4.69) is 9.97 Å². The largest absolute Gasteiger partial charge is 0.376 e. The number of benzene rings is 1. The van der Waals surface area contributed by atoms with Crippen molar-refractivity contribution in [1.29, 1.82) is 0 Å². The van der Waals surface area contributed by atoms with Gasteiger partial charge in [-0.2, -0.15) is 0 Å². The molecule has 1 aliphatic heterocycles. The average Bonchev–Trinajstić information content (AvgIpc) is 3.16. The Hall–Kier alpha value is -2.25. The molecule has 3 aromatic rings. The molecule has 1 saturated heterocycles. The molecule has 26 heavy (non-hydrogen) atoms. The summed E-state index contributed by atoms with van der Waals surface area (Å²) < 4.78 is 20.8. The number of hydrogen-bond acceptors (Lipinski definition) is 5. The summed E-state index contributed by atoms with van der Waals surface area (Å²) in [5.74, 6) is 0.252. The number of halogens is 1. The number of pyridine rings is 1. The molecule has 0 amide bonds. The Kier molecular flexibility index (Phi) is 4.99. The quantitative estimate of drug-likeness (QED) is 0.508. The van der Waals surface area contributed by atoms with Crippen molar-refractivity contribution in [3.8, 4) is 0 Å². The molecule has 1 aromatic carbocycles. The van der Waals surface area contributed by atoms with E-state index >= 15 is 0 Å². The molecule has 134 valence electrons. The van der Waals surface area contributed by atoms with Crippen LogP contribution in [0.15, 0.2) is 52.5 Å². The molecule has 1 fully saturated rings. The van der Waals surface area contributed by atoms with E-state index in [0.29, 0.717) is 28.5 Å². The molecule has 7 heteroatoms. The summed E-state index contributed by atoms with van der Waals surface area (Å²) in [5, 5.41) is 1.08. The third kappa shape index (κ3) is 3.64. The third-order valence-corrected chi connectivity index (χ3v) is 5.41. The smallest absolute Gasteiger partial charge is 0.263 e. The topological polar surface area (TPSA) is 57.0 Å². The van der Waals surface area contributed by atoms with Gasteiger partial charge < -0.3 is 4.74 Å². The molecule has 0 aliphatic carbocycles. The van der Waals surface area contributed by atoms with Crippen LogP contribution in [-0.2, 0) is 17.0 Å². The van der Waals surface area contributed by atoms with E-state index in [-0.39, 0.29) is 17.5 Å². The fraction of sp³-hybridized carbons (Fsp3) is 0.316. The number of ether oxygens (including phenoxy) is 1. The Morgan fingerprint density at radius 3 is 3.04 bits per heavy atom. The Balaban J connectivity index is 1.69. The van der Waals surface area contributed by atoms with E-state index in [1.165, 1.54) is 23.9 Å². The summed E-state index contributed by atoms with van der Waals surface area (Å²) in [6, 6.07) is 9.93. The van der Waals surface area contributed by atoms with Crippen molar-refractivity contribution in [2.24, 2.45) is 0 Å². The molecule has 0 bridgehead atoms. The Morgan fingerprint density at radius 2 is 2.23 bits per heavy atom. The van der Waals surface area contributed by atoms with Gasteiger partial charge in [0, 0.05) is 18.6 Å². The minimum absolute atomic E-state index is 0.0251. The summed E-state index contributed by atoms with van der Waals surface area (Å²) in [6.07, 6.45) is 3.59. The van der Waals surface area contributed by atoms with Crippen LogP contribution in [0.3, 0.4) is 0 Å². The Labute approximate surface area is 154 Å². The highest BCUT2D eigenvalue weighted by atomic mass is 32.2. The van der Waals surface area contributed by atoms with Gasteiger partial charge in [-0.05, 0) is 42.7 Å². The third-order valence-electron chi connectivity index (χ3n) is 4.36. The molecule has 1 atom stereocenters. The number of fused-ring (bicyclic) bond motifs is 1. The summed E-state index contributed by atoms with van der Waals surface area (Å²) >= 11 is 1.41. The maximum atomic E-state index is 13.4. The first-order valence-corrected chi connectivity index (χ1v) is 9.54. The standard InChI is InChI=1S/C19H18FN3O2S/c20-14-5-1-4-13(10-14)12-26-19-22-17-16(7-2-8-21-17)18(24)23(19)11-15-6-3-9-25-15/h1-2,4-5,7-8,10,15H,3,6,9,11-12H2. The van der Waals surface area contributed by atoms with Gasteiger partial charge in [0.2, 0.25) is 0 Å². The monoisotopic (exact) mass is 371 g/mol. The fourth-order valence-corrected chi connectivity index (χ4v) is 4.01. The maximum Gasteiger partial charge on any atom is 0.263 e. The predicted octanol–water partition coefficient (Wildman–Crippen LogP) is 3.40. The van der Waals surface area contributed by atoms with Crippen LogP contribution in [-0.4, -0.2) is 27.2 Å². The van der Waals surface area contributed by atoms with E-state index < -0.39 is 0 Å². The number of thioether (sulfide) groups is 1. The highest BCUT2D eigenvalue weighted by molar-refractivity contribution is 7.98. The Bertz CT molecular complexity index is 986. The second-order valence-corrected chi connectivity index (χ2v) is 7.18. The zero-order valence-corrected chi connectivity index (χ0v) is 14.9. The number of aromatic nitrogens is 3. The van der Waals surface area contributed by atoms with Gasteiger partial charge in [0.1, 0.15) is 5.82 Å². The van der Waals surface area contributed by atoms with E-state index in [1.807, 2.05) is 6.07 Å². The average molecular weight is 371 g/mol. The number of rotatable bonds is 5. The van der Waals surface area contributed by atoms with Gasteiger partial charge in [0.05, 0.1) is 18.0 Å². The predicted molar refractivity (Wildman–Crippen MR) is 98.7 cm³/mol. The van der Waals surface area contributed by atoms with Gasteiger partial charge in [0.25, 0.3) is 5.56 Å². The molecule has 0 spiro atoms. The summed E-state index contributed by atoms with van der Waals surface area (Å²) in [4.78, 5) is 21.8. The van der Waals surface area contributed by atoms with Crippen LogP contribution in [0.5, 0.6) is 0 Å². The van der Waals surface area contributed by atoms with Gasteiger partial charge in [0.15, 0.2) is 10.8 Å². The highest BCUT2D eigenvalue weighted by Gasteiger charge is 2.20. The van der Waals surface area contributed by atoms with Crippen LogP contribution in [0.25, 0.3) is 11.0 Å². The van der Waals surface area contributed by atoms with Gasteiger partial charge >= 0.3 is 0 Å². The van der Waals surface area contributed by atoms with Crippen molar-refractivity contribution in [2.75, 3.05) is 6.61 Å². The van der Waals surface area contributed by atoms with Crippen LogP contribution in [0.2, 0.25) is 0 Å². The molecule has 1 aliphatic rings. The zero-order valence-electron chi connectivity index (χ0n) is 14.1. The van der Waals surface area contributed by atoms with Crippen molar-refractivity contribution < 1.29 is 9.13 Å². The summed E-state index contributed by atoms with van der Waals surface area (Å²) in [7, 11) is 0. The molecule has 1 unspecified atom stereocenters. The summed E-state index contributed by atoms with van der Waals surface area (Å²) in [6.45, 7) is 1.20.